The summed E-state index contributed by atoms with van der Waals surface area (Å²) in [4.78, 5) is 4.14. The number of nitrogens with zero attached hydrogens (tertiary/aromatic N) is 1. The molecule has 0 saturated heterocycles. The van der Waals surface area contributed by atoms with E-state index in [2.05, 4.69) is 26.2 Å². The minimum atomic E-state index is -0.290. The summed E-state index contributed by atoms with van der Waals surface area (Å²) in [6.07, 6.45) is 0. The third-order valence-electron chi connectivity index (χ3n) is 2.50. The SMILES string of the molecule is CC1(c2ccc(Br)cc2Cl)CN=C(N)N1. The lowest BCUT2D eigenvalue weighted by atomic mass is 9.93. The molecule has 2 rings (SSSR count). The Morgan fingerprint density at radius 2 is 2.33 bits per heavy atom. The van der Waals surface area contributed by atoms with Crippen molar-refractivity contribution < 1.29 is 0 Å². The average molecular weight is 289 g/mol. The number of rotatable bonds is 1. The van der Waals surface area contributed by atoms with E-state index in [1.165, 1.54) is 0 Å². The first-order valence-corrected chi connectivity index (χ1v) is 5.72. The van der Waals surface area contributed by atoms with Gasteiger partial charge >= 0.3 is 0 Å². The van der Waals surface area contributed by atoms with Crippen molar-refractivity contribution in [2.45, 2.75) is 12.5 Å². The third-order valence-corrected chi connectivity index (χ3v) is 3.30. The number of nitrogens with two attached hydrogens (primary N) is 1. The first-order valence-electron chi connectivity index (χ1n) is 4.55. The predicted octanol–water partition coefficient (Wildman–Crippen LogP) is 2.24. The van der Waals surface area contributed by atoms with Gasteiger partial charge in [-0.15, -0.1) is 0 Å². The van der Waals surface area contributed by atoms with Crippen molar-refractivity contribution in [3.63, 3.8) is 0 Å². The number of hydrogen-bond acceptors (Lipinski definition) is 3. The molecule has 1 aromatic carbocycles. The fraction of sp³-hybridized carbons (Fsp3) is 0.300. The Kier molecular flexibility index (Phi) is 2.64. The molecule has 1 aromatic rings. The maximum Gasteiger partial charge on any atom is 0.189 e. The molecular weight excluding hydrogens is 277 g/mol. The molecular formula is C10H11BrClN3. The number of aliphatic imine (C=N–C) groups is 1. The lowest BCUT2D eigenvalue weighted by Crippen LogP contribution is -2.43. The minimum Gasteiger partial charge on any atom is -0.370 e. The monoisotopic (exact) mass is 287 g/mol. The molecule has 1 aliphatic rings. The molecule has 1 unspecified atom stereocenters. The van der Waals surface area contributed by atoms with Crippen molar-refractivity contribution in [2.75, 3.05) is 6.54 Å². The second-order valence-electron chi connectivity index (χ2n) is 3.78. The zero-order chi connectivity index (χ0) is 11.1. The summed E-state index contributed by atoms with van der Waals surface area (Å²) in [5.41, 5.74) is 6.34. The third kappa shape index (κ3) is 1.96. The van der Waals surface area contributed by atoms with Crippen molar-refractivity contribution in [1.29, 1.82) is 0 Å². The summed E-state index contributed by atoms with van der Waals surface area (Å²) in [6, 6.07) is 5.81. The van der Waals surface area contributed by atoms with Crippen LogP contribution in [-0.2, 0) is 5.54 Å². The van der Waals surface area contributed by atoms with Crippen LogP contribution in [0.25, 0.3) is 0 Å². The zero-order valence-corrected chi connectivity index (χ0v) is 10.6. The van der Waals surface area contributed by atoms with Crippen LogP contribution >= 0.6 is 27.5 Å². The van der Waals surface area contributed by atoms with Crippen molar-refractivity contribution in [3.8, 4) is 0 Å². The average Bonchev–Trinajstić information content (AvgIpc) is 2.46. The van der Waals surface area contributed by atoms with Crippen molar-refractivity contribution in [1.82, 2.24) is 5.32 Å². The molecule has 80 valence electrons. The number of hydrogen-bond donors (Lipinski definition) is 2. The molecule has 1 atom stereocenters. The summed E-state index contributed by atoms with van der Waals surface area (Å²) < 4.78 is 0.965. The largest absolute Gasteiger partial charge is 0.370 e. The number of halogens is 2. The Bertz CT molecular complexity index is 433. The molecule has 1 aliphatic heterocycles. The highest BCUT2D eigenvalue weighted by atomic mass is 79.9. The van der Waals surface area contributed by atoms with Crippen LogP contribution in [0.15, 0.2) is 27.7 Å². The van der Waals surface area contributed by atoms with Gasteiger partial charge in [-0.2, -0.15) is 0 Å². The van der Waals surface area contributed by atoms with Gasteiger partial charge in [-0.05, 0) is 24.6 Å². The minimum absolute atomic E-state index is 0.290. The molecule has 5 heteroatoms. The van der Waals surface area contributed by atoms with E-state index in [9.17, 15) is 0 Å². The van der Waals surface area contributed by atoms with Crippen molar-refractivity contribution >= 4 is 33.5 Å². The van der Waals surface area contributed by atoms with Gasteiger partial charge in [0.2, 0.25) is 0 Å². The first-order chi connectivity index (χ1) is 7.01. The van der Waals surface area contributed by atoms with Crippen LogP contribution < -0.4 is 11.1 Å². The van der Waals surface area contributed by atoms with Crippen LogP contribution in [0.1, 0.15) is 12.5 Å². The Morgan fingerprint density at radius 3 is 2.87 bits per heavy atom. The molecule has 3 nitrogen and oxygen atoms in total. The number of benzene rings is 1. The summed E-state index contributed by atoms with van der Waals surface area (Å²) in [5.74, 6) is 0.469. The van der Waals surface area contributed by atoms with E-state index in [4.69, 9.17) is 17.3 Å². The summed E-state index contributed by atoms with van der Waals surface area (Å²) in [5, 5.41) is 3.85. The Balaban J connectivity index is 2.38. The predicted molar refractivity (Wildman–Crippen MR) is 66.1 cm³/mol. The highest BCUT2D eigenvalue weighted by molar-refractivity contribution is 9.10. The van der Waals surface area contributed by atoms with Gasteiger partial charge in [-0.1, -0.05) is 33.6 Å². The molecule has 0 fully saturated rings. The van der Waals surface area contributed by atoms with Crippen LogP contribution in [0.4, 0.5) is 0 Å². The van der Waals surface area contributed by atoms with Crippen LogP contribution in [-0.4, -0.2) is 12.5 Å². The second kappa shape index (κ2) is 3.68. The normalized spacial score (nSPS) is 24.9. The molecule has 0 spiro atoms. The lowest BCUT2D eigenvalue weighted by Gasteiger charge is -2.25. The topological polar surface area (TPSA) is 50.4 Å². The van der Waals surface area contributed by atoms with Gasteiger partial charge in [0.05, 0.1) is 12.1 Å². The maximum atomic E-state index is 6.19. The van der Waals surface area contributed by atoms with E-state index in [0.29, 0.717) is 17.5 Å². The molecule has 0 aromatic heterocycles. The summed E-state index contributed by atoms with van der Waals surface area (Å²) in [7, 11) is 0. The summed E-state index contributed by atoms with van der Waals surface area (Å²) in [6.45, 7) is 2.64. The molecule has 15 heavy (non-hydrogen) atoms. The Morgan fingerprint density at radius 1 is 1.60 bits per heavy atom. The van der Waals surface area contributed by atoms with Crippen LogP contribution in [0, 0.1) is 0 Å². The summed E-state index contributed by atoms with van der Waals surface area (Å²) >= 11 is 9.56. The van der Waals surface area contributed by atoms with E-state index in [1.54, 1.807) is 0 Å². The quantitative estimate of drug-likeness (QED) is 0.832. The van der Waals surface area contributed by atoms with Gasteiger partial charge in [0.1, 0.15) is 0 Å². The van der Waals surface area contributed by atoms with E-state index >= 15 is 0 Å². The molecule has 0 bridgehead atoms. The molecule has 3 N–H and O–H groups in total. The van der Waals surface area contributed by atoms with Crippen molar-refractivity contribution in [3.05, 3.63) is 33.3 Å². The first kappa shape index (κ1) is 10.8. The van der Waals surface area contributed by atoms with Gasteiger partial charge in [0.25, 0.3) is 0 Å². The van der Waals surface area contributed by atoms with E-state index in [0.717, 1.165) is 10.0 Å². The van der Waals surface area contributed by atoms with Gasteiger partial charge in [-0.25, -0.2) is 0 Å². The van der Waals surface area contributed by atoms with Gasteiger partial charge in [-0.3, -0.25) is 4.99 Å². The molecule has 0 aliphatic carbocycles. The molecule has 0 radical (unpaired) electrons. The fourth-order valence-electron chi connectivity index (χ4n) is 1.69. The van der Waals surface area contributed by atoms with Gasteiger partial charge in [0.15, 0.2) is 5.96 Å². The van der Waals surface area contributed by atoms with Gasteiger partial charge < -0.3 is 11.1 Å². The smallest absolute Gasteiger partial charge is 0.189 e. The van der Waals surface area contributed by atoms with E-state index in [1.807, 2.05) is 25.1 Å². The highest BCUT2D eigenvalue weighted by Crippen LogP contribution is 2.32. The molecule has 1 heterocycles. The highest BCUT2D eigenvalue weighted by Gasteiger charge is 2.32. The molecule has 0 saturated carbocycles. The van der Waals surface area contributed by atoms with Crippen molar-refractivity contribution in [2.24, 2.45) is 10.7 Å². The van der Waals surface area contributed by atoms with Gasteiger partial charge in [0, 0.05) is 9.50 Å². The fourth-order valence-corrected chi connectivity index (χ4v) is 2.58. The van der Waals surface area contributed by atoms with Crippen LogP contribution in [0.2, 0.25) is 5.02 Å². The Labute approximate surface area is 102 Å². The zero-order valence-electron chi connectivity index (χ0n) is 8.22. The lowest BCUT2D eigenvalue weighted by molar-refractivity contribution is 0.480. The van der Waals surface area contributed by atoms with Crippen LogP contribution in [0.5, 0.6) is 0 Å². The Hall–Kier alpha value is -0.740. The standard InChI is InChI=1S/C10H11BrClN3/c1-10(5-14-9(13)15-10)7-3-2-6(11)4-8(7)12/h2-4H,5H2,1H3,(H3,13,14,15). The maximum absolute atomic E-state index is 6.19. The van der Waals surface area contributed by atoms with E-state index < -0.39 is 0 Å². The number of guanidine groups is 1. The van der Waals surface area contributed by atoms with E-state index in [-0.39, 0.29) is 5.54 Å². The van der Waals surface area contributed by atoms with Crippen LogP contribution in [0.3, 0.4) is 0 Å². The molecule has 0 amide bonds. The number of nitrogens with one attached hydrogen (secondary N) is 1. The second-order valence-corrected chi connectivity index (χ2v) is 5.11.